The number of ether oxygens (including phenoxy) is 1. The Labute approximate surface area is 100 Å². The van der Waals surface area contributed by atoms with Crippen LogP contribution in [0.4, 0.5) is 4.79 Å². The number of likely N-dealkylation sites (tertiary alicyclic amines) is 1. The fraction of sp³-hybridized carbons (Fsp3) is 0.667. The number of Topliss-reactive ketones (excluding diaryl/α,β-unsaturated/α-hetero) is 1. The Morgan fingerprint density at radius 2 is 2.18 bits per heavy atom. The Hall–Kier alpha value is -1.36. The number of carboxylic acid groups (broad SMARTS) is 1. The summed E-state index contributed by atoms with van der Waals surface area (Å²) < 4.78 is 5.90. The summed E-state index contributed by atoms with van der Waals surface area (Å²) in [5, 5.41) is 8.88. The molecule has 2 rings (SSSR count). The lowest BCUT2D eigenvalue weighted by Gasteiger charge is -2.44. The van der Waals surface area contributed by atoms with Crippen molar-refractivity contribution in [3.63, 3.8) is 0 Å². The number of carbonyl (C=O) groups is 2. The van der Waals surface area contributed by atoms with E-state index in [-0.39, 0.29) is 11.9 Å². The SMILES string of the molecule is C=CC1CC(=O)CC2(CCN(C(=O)O)CC2)O1. The molecule has 0 bridgehead atoms. The van der Waals surface area contributed by atoms with E-state index in [4.69, 9.17) is 9.84 Å². The summed E-state index contributed by atoms with van der Waals surface area (Å²) in [7, 11) is 0. The highest BCUT2D eigenvalue weighted by Crippen LogP contribution is 2.36. The molecule has 5 nitrogen and oxygen atoms in total. The van der Waals surface area contributed by atoms with Gasteiger partial charge in [0.1, 0.15) is 5.78 Å². The predicted octanol–water partition coefficient (Wildman–Crippen LogP) is 1.43. The molecule has 0 saturated carbocycles. The average molecular weight is 239 g/mol. The van der Waals surface area contributed by atoms with Gasteiger partial charge in [0.2, 0.25) is 0 Å². The normalized spacial score (nSPS) is 28.1. The molecule has 2 aliphatic rings. The van der Waals surface area contributed by atoms with E-state index < -0.39 is 11.7 Å². The van der Waals surface area contributed by atoms with E-state index in [2.05, 4.69) is 6.58 Å². The van der Waals surface area contributed by atoms with Gasteiger partial charge >= 0.3 is 6.09 Å². The lowest BCUT2D eigenvalue weighted by atomic mass is 9.82. The maximum absolute atomic E-state index is 11.7. The Bertz CT molecular complexity index is 344. The molecular weight excluding hydrogens is 222 g/mol. The van der Waals surface area contributed by atoms with Crippen LogP contribution in [0.2, 0.25) is 0 Å². The monoisotopic (exact) mass is 239 g/mol. The van der Waals surface area contributed by atoms with E-state index in [0.29, 0.717) is 38.8 Å². The van der Waals surface area contributed by atoms with Crippen LogP contribution in [0.25, 0.3) is 0 Å². The summed E-state index contributed by atoms with van der Waals surface area (Å²) in [6.45, 7) is 4.53. The molecule has 1 unspecified atom stereocenters. The Morgan fingerprint density at radius 1 is 1.53 bits per heavy atom. The van der Waals surface area contributed by atoms with E-state index in [1.165, 1.54) is 4.90 Å². The predicted molar refractivity (Wildman–Crippen MR) is 60.9 cm³/mol. The number of nitrogens with zero attached hydrogens (tertiary/aromatic N) is 1. The zero-order valence-corrected chi connectivity index (χ0v) is 9.72. The van der Waals surface area contributed by atoms with Gasteiger partial charge in [0.25, 0.3) is 0 Å². The van der Waals surface area contributed by atoms with Gasteiger partial charge in [-0.25, -0.2) is 4.79 Å². The van der Waals surface area contributed by atoms with Gasteiger partial charge in [-0.2, -0.15) is 0 Å². The lowest BCUT2D eigenvalue weighted by Crippen LogP contribution is -2.52. The maximum atomic E-state index is 11.7. The summed E-state index contributed by atoms with van der Waals surface area (Å²) in [4.78, 5) is 23.8. The molecule has 0 aromatic rings. The van der Waals surface area contributed by atoms with Crippen molar-refractivity contribution in [2.45, 2.75) is 37.4 Å². The van der Waals surface area contributed by atoms with Crippen molar-refractivity contribution in [3.05, 3.63) is 12.7 Å². The van der Waals surface area contributed by atoms with E-state index >= 15 is 0 Å². The van der Waals surface area contributed by atoms with E-state index in [9.17, 15) is 9.59 Å². The number of hydrogen-bond donors (Lipinski definition) is 1. The van der Waals surface area contributed by atoms with Gasteiger partial charge in [-0.3, -0.25) is 4.79 Å². The van der Waals surface area contributed by atoms with Crippen molar-refractivity contribution in [1.29, 1.82) is 0 Å². The number of ketones is 1. The molecule has 1 N–H and O–H groups in total. The first-order chi connectivity index (χ1) is 8.04. The molecule has 2 aliphatic heterocycles. The van der Waals surface area contributed by atoms with E-state index in [0.717, 1.165) is 0 Å². The van der Waals surface area contributed by atoms with Crippen LogP contribution in [0.15, 0.2) is 12.7 Å². The van der Waals surface area contributed by atoms with Gasteiger partial charge in [0.05, 0.1) is 11.7 Å². The zero-order chi connectivity index (χ0) is 12.5. The molecule has 0 aromatic heterocycles. The fourth-order valence-corrected chi connectivity index (χ4v) is 2.59. The van der Waals surface area contributed by atoms with Gasteiger partial charge in [-0.05, 0) is 12.8 Å². The third-order valence-corrected chi connectivity index (χ3v) is 3.56. The zero-order valence-electron chi connectivity index (χ0n) is 9.72. The van der Waals surface area contributed by atoms with Crippen molar-refractivity contribution in [1.82, 2.24) is 4.90 Å². The summed E-state index contributed by atoms with van der Waals surface area (Å²) in [6.07, 6.45) is 2.53. The number of hydrogen-bond acceptors (Lipinski definition) is 3. The maximum Gasteiger partial charge on any atom is 0.407 e. The molecule has 2 heterocycles. The minimum absolute atomic E-state index is 0.185. The molecule has 1 atom stereocenters. The molecule has 17 heavy (non-hydrogen) atoms. The molecule has 0 aromatic carbocycles. The number of carbonyl (C=O) groups excluding carboxylic acids is 1. The van der Waals surface area contributed by atoms with Crippen molar-refractivity contribution in [2.24, 2.45) is 0 Å². The van der Waals surface area contributed by atoms with Crippen LogP contribution in [0, 0.1) is 0 Å². The van der Waals surface area contributed by atoms with Gasteiger partial charge in [0.15, 0.2) is 0 Å². The third-order valence-electron chi connectivity index (χ3n) is 3.56. The quantitative estimate of drug-likeness (QED) is 0.703. The molecule has 0 radical (unpaired) electrons. The van der Waals surface area contributed by atoms with Crippen LogP contribution in [0.5, 0.6) is 0 Å². The van der Waals surface area contributed by atoms with Crippen molar-refractivity contribution >= 4 is 11.9 Å². The second-order valence-corrected chi connectivity index (χ2v) is 4.76. The average Bonchev–Trinajstić information content (AvgIpc) is 2.28. The number of rotatable bonds is 1. The summed E-state index contributed by atoms with van der Waals surface area (Å²) in [5.74, 6) is 0.185. The number of piperidine rings is 1. The van der Waals surface area contributed by atoms with Crippen LogP contribution >= 0.6 is 0 Å². The van der Waals surface area contributed by atoms with Crippen LogP contribution < -0.4 is 0 Å². The van der Waals surface area contributed by atoms with E-state index in [1.54, 1.807) is 6.08 Å². The molecular formula is C12H17NO4. The largest absolute Gasteiger partial charge is 0.465 e. The summed E-state index contributed by atoms with van der Waals surface area (Å²) in [5.41, 5.74) is -0.458. The van der Waals surface area contributed by atoms with Crippen LogP contribution in [-0.2, 0) is 9.53 Å². The standard InChI is InChI=1S/C12H17NO4/c1-2-10-7-9(14)8-12(17-10)3-5-13(6-4-12)11(15)16/h2,10H,1,3-8H2,(H,15,16). The second kappa shape index (κ2) is 4.49. The molecule has 5 heteroatoms. The summed E-state index contributed by atoms with van der Waals surface area (Å²) >= 11 is 0. The van der Waals surface area contributed by atoms with Crippen LogP contribution in [0.3, 0.4) is 0 Å². The van der Waals surface area contributed by atoms with Crippen LogP contribution in [-0.4, -0.2) is 46.7 Å². The van der Waals surface area contributed by atoms with Crippen molar-refractivity contribution < 1.29 is 19.4 Å². The summed E-state index contributed by atoms with van der Waals surface area (Å²) in [6, 6.07) is 0. The molecule has 0 aliphatic carbocycles. The van der Waals surface area contributed by atoms with Gasteiger partial charge < -0.3 is 14.7 Å². The highest BCUT2D eigenvalue weighted by Gasteiger charge is 2.43. The topological polar surface area (TPSA) is 66.8 Å². The molecule has 1 amide bonds. The highest BCUT2D eigenvalue weighted by atomic mass is 16.5. The smallest absolute Gasteiger partial charge is 0.407 e. The Morgan fingerprint density at radius 3 is 2.71 bits per heavy atom. The number of amides is 1. The highest BCUT2D eigenvalue weighted by molar-refractivity contribution is 5.81. The first-order valence-electron chi connectivity index (χ1n) is 5.85. The lowest BCUT2D eigenvalue weighted by molar-refractivity contribution is -0.157. The van der Waals surface area contributed by atoms with Gasteiger partial charge in [0, 0.05) is 25.9 Å². The first kappa shape index (κ1) is 12.1. The second-order valence-electron chi connectivity index (χ2n) is 4.76. The van der Waals surface area contributed by atoms with Crippen molar-refractivity contribution in [2.75, 3.05) is 13.1 Å². The molecule has 1 spiro atoms. The molecule has 94 valence electrons. The van der Waals surface area contributed by atoms with Crippen molar-refractivity contribution in [3.8, 4) is 0 Å². The van der Waals surface area contributed by atoms with Gasteiger partial charge in [-0.15, -0.1) is 6.58 Å². The molecule has 2 saturated heterocycles. The first-order valence-corrected chi connectivity index (χ1v) is 5.85. The van der Waals surface area contributed by atoms with Crippen LogP contribution in [0.1, 0.15) is 25.7 Å². The van der Waals surface area contributed by atoms with E-state index in [1.807, 2.05) is 0 Å². The Kier molecular flexibility index (Phi) is 3.19. The minimum atomic E-state index is -0.901. The third kappa shape index (κ3) is 2.49. The fourth-order valence-electron chi connectivity index (χ4n) is 2.59. The Balaban J connectivity index is 2.03. The minimum Gasteiger partial charge on any atom is -0.465 e. The van der Waals surface area contributed by atoms with Gasteiger partial charge in [-0.1, -0.05) is 6.08 Å². The molecule has 2 fully saturated rings.